The quantitative estimate of drug-likeness (QED) is 0.451. The van der Waals surface area contributed by atoms with E-state index in [-0.39, 0.29) is 5.91 Å². The second kappa shape index (κ2) is 11.2. The van der Waals surface area contributed by atoms with Gasteiger partial charge in [0.25, 0.3) is 0 Å². The number of imidazole rings is 1. The summed E-state index contributed by atoms with van der Waals surface area (Å²) in [4.78, 5) is 16.5. The Morgan fingerprint density at radius 1 is 1.07 bits per heavy atom. The molecule has 0 saturated heterocycles. The van der Waals surface area contributed by atoms with Crippen LogP contribution in [0, 0.1) is 0 Å². The molecule has 1 amide bonds. The SMILES string of the molecule is CCCC(=O)NCCCc1nc2ccccc2n1CCCOc1ccccc1OC. The van der Waals surface area contributed by atoms with Crippen LogP contribution in [0.5, 0.6) is 11.5 Å². The van der Waals surface area contributed by atoms with E-state index in [4.69, 9.17) is 14.5 Å². The average molecular weight is 410 g/mol. The van der Waals surface area contributed by atoms with Gasteiger partial charge in [-0.2, -0.15) is 0 Å². The number of carbonyl (C=O) groups is 1. The van der Waals surface area contributed by atoms with Crippen molar-refractivity contribution < 1.29 is 14.3 Å². The fourth-order valence-electron chi connectivity index (χ4n) is 3.50. The van der Waals surface area contributed by atoms with Crippen molar-refractivity contribution >= 4 is 16.9 Å². The highest BCUT2D eigenvalue weighted by Crippen LogP contribution is 2.26. The van der Waals surface area contributed by atoms with Gasteiger partial charge in [-0.3, -0.25) is 4.79 Å². The molecule has 6 heteroatoms. The first kappa shape index (κ1) is 21.7. The molecule has 0 atom stereocenters. The van der Waals surface area contributed by atoms with E-state index < -0.39 is 0 Å². The summed E-state index contributed by atoms with van der Waals surface area (Å²) in [7, 11) is 1.65. The summed E-state index contributed by atoms with van der Waals surface area (Å²) in [5.74, 6) is 2.69. The lowest BCUT2D eigenvalue weighted by Gasteiger charge is -2.12. The number of nitrogens with one attached hydrogen (secondary N) is 1. The first-order chi connectivity index (χ1) is 14.7. The van der Waals surface area contributed by atoms with Crippen molar-refractivity contribution in [3.63, 3.8) is 0 Å². The van der Waals surface area contributed by atoms with Gasteiger partial charge in [0.1, 0.15) is 5.82 Å². The molecule has 0 aliphatic rings. The molecule has 0 unspecified atom stereocenters. The van der Waals surface area contributed by atoms with Crippen molar-refractivity contribution in [3.8, 4) is 11.5 Å². The van der Waals surface area contributed by atoms with Crippen molar-refractivity contribution in [1.82, 2.24) is 14.9 Å². The number of para-hydroxylation sites is 4. The van der Waals surface area contributed by atoms with E-state index in [0.717, 1.165) is 60.6 Å². The van der Waals surface area contributed by atoms with Crippen molar-refractivity contribution in [1.29, 1.82) is 0 Å². The van der Waals surface area contributed by atoms with Crippen LogP contribution in [0.15, 0.2) is 48.5 Å². The molecule has 3 aromatic rings. The van der Waals surface area contributed by atoms with Crippen molar-refractivity contribution in [2.24, 2.45) is 0 Å². The highest BCUT2D eigenvalue weighted by Gasteiger charge is 2.11. The number of fused-ring (bicyclic) bond motifs is 1. The van der Waals surface area contributed by atoms with E-state index in [9.17, 15) is 4.79 Å². The van der Waals surface area contributed by atoms with Gasteiger partial charge in [0.05, 0.1) is 24.8 Å². The molecule has 1 aromatic heterocycles. The normalized spacial score (nSPS) is 10.9. The van der Waals surface area contributed by atoms with Gasteiger partial charge in [-0.05, 0) is 43.5 Å². The van der Waals surface area contributed by atoms with E-state index >= 15 is 0 Å². The summed E-state index contributed by atoms with van der Waals surface area (Å²) >= 11 is 0. The number of nitrogens with zero attached hydrogens (tertiary/aromatic N) is 2. The third kappa shape index (κ3) is 5.75. The topological polar surface area (TPSA) is 65.4 Å². The number of aromatic nitrogens is 2. The van der Waals surface area contributed by atoms with Crippen LogP contribution in [0.1, 0.15) is 38.4 Å². The Morgan fingerprint density at radius 3 is 2.63 bits per heavy atom. The Bertz CT molecular complexity index is 952. The fraction of sp³-hybridized carbons (Fsp3) is 0.417. The molecule has 30 heavy (non-hydrogen) atoms. The minimum atomic E-state index is 0.125. The molecule has 2 aromatic carbocycles. The smallest absolute Gasteiger partial charge is 0.219 e. The Labute approximate surface area is 178 Å². The third-order valence-electron chi connectivity index (χ3n) is 4.96. The van der Waals surface area contributed by atoms with E-state index in [2.05, 4.69) is 16.0 Å². The van der Waals surface area contributed by atoms with E-state index in [1.165, 1.54) is 0 Å². The van der Waals surface area contributed by atoms with Gasteiger partial charge in [0, 0.05) is 25.9 Å². The number of rotatable bonds is 12. The van der Waals surface area contributed by atoms with Crippen LogP contribution in [0.25, 0.3) is 11.0 Å². The zero-order valence-electron chi connectivity index (χ0n) is 17.9. The molecule has 3 rings (SSSR count). The molecule has 0 radical (unpaired) electrons. The van der Waals surface area contributed by atoms with Gasteiger partial charge >= 0.3 is 0 Å². The summed E-state index contributed by atoms with van der Waals surface area (Å²) in [6.07, 6.45) is 4.02. The minimum absolute atomic E-state index is 0.125. The molecule has 0 fully saturated rings. The van der Waals surface area contributed by atoms with Crippen LogP contribution in [-0.4, -0.2) is 35.7 Å². The summed E-state index contributed by atoms with van der Waals surface area (Å²) in [6.45, 7) is 4.12. The number of methoxy groups -OCH3 is 1. The minimum Gasteiger partial charge on any atom is -0.493 e. The molecular formula is C24H31N3O3. The van der Waals surface area contributed by atoms with E-state index in [1.807, 2.05) is 49.4 Å². The van der Waals surface area contributed by atoms with Crippen molar-refractivity contribution in [2.75, 3.05) is 20.3 Å². The lowest BCUT2D eigenvalue weighted by atomic mass is 10.2. The predicted octanol–water partition coefficient (Wildman–Crippen LogP) is 4.36. The second-order valence-corrected chi connectivity index (χ2v) is 7.22. The van der Waals surface area contributed by atoms with Gasteiger partial charge in [0.15, 0.2) is 11.5 Å². The highest BCUT2D eigenvalue weighted by molar-refractivity contribution is 5.76. The number of hydrogen-bond acceptors (Lipinski definition) is 4. The molecule has 6 nitrogen and oxygen atoms in total. The molecule has 0 saturated carbocycles. The zero-order valence-corrected chi connectivity index (χ0v) is 17.9. The van der Waals surface area contributed by atoms with Gasteiger partial charge in [0.2, 0.25) is 5.91 Å². The molecule has 1 N–H and O–H groups in total. The Balaban J connectivity index is 1.58. The summed E-state index contributed by atoms with van der Waals surface area (Å²) in [5, 5.41) is 2.98. The molecule has 0 aliphatic heterocycles. The molecule has 160 valence electrons. The third-order valence-corrected chi connectivity index (χ3v) is 4.96. The highest BCUT2D eigenvalue weighted by atomic mass is 16.5. The van der Waals surface area contributed by atoms with Gasteiger partial charge in [-0.25, -0.2) is 4.98 Å². The molecule has 0 spiro atoms. The predicted molar refractivity (Wildman–Crippen MR) is 119 cm³/mol. The number of amides is 1. The lowest BCUT2D eigenvalue weighted by molar-refractivity contribution is -0.121. The maximum atomic E-state index is 11.6. The first-order valence-corrected chi connectivity index (χ1v) is 10.7. The summed E-state index contributed by atoms with van der Waals surface area (Å²) in [6, 6.07) is 15.9. The second-order valence-electron chi connectivity index (χ2n) is 7.22. The average Bonchev–Trinajstić information content (AvgIpc) is 3.12. The van der Waals surface area contributed by atoms with Gasteiger partial charge in [-0.1, -0.05) is 31.2 Å². The maximum absolute atomic E-state index is 11.6. The molecule has 0 aliphatic carbocycles. The number of benzene rings is 2. The van der Waals surface area contributed by atoms with Crippen molar-refractivity contribution in [2.45, 2.75) is 45.6 Å². The van der Waals surface area contributed by atoms with Gasteiger partial charge in [-0.15, -0.1) is 0 Å². The largest absolute Gasteiger partial charge is 0.493 e. The van der Waals surface area contributed by atoms with E-state index in [0.29, 0.717) is 19.6 Å². The zero-order chi connectivity index (χ0) is 21.2. The Morgan fingerprint density at radius 2 is 1.83 bits per heavy atom. The fourth-order valence-corrected chi connectivity index (χ4v) is 3.50. The van der Waals surface area contributed by atoms with Gasteiger partial charge < -0.3 is 19.4 Å². The molecular weight excluding hydrogens is 378 g/mol. The first-order valence-electron chi connectivity index (χ1n) is 10.7. The Hall–Kier alpha value is -3.02. The lowest BCUT2D eigenvalue weighted by Crippen LogP contribution is -2.24. The van der Waals surface area contributed by atoms with Crippen LogP contribution in [0.2, 0.25) is 0 Å². The number of ether oxygens (including phenoxy) is 2. The van der Waals surface area contributed by atoms with E-state index in [1.54, 1.807) is 7.11 Å². The van der Waals surface area contributed by atoms with Crippen LogP contribution in [-0.2, 0) is 17.8 Å². The van der Waals surface area contributed by atoms with Crippen LogP contribution in [0.3, 0.4) is 0 Å². The number of aryl methyl sites for hydroxylation is 2. The molecule has 0 bridgehead atoms. The number of hydrogen-bond donors (Lipinski definition) is 1. The standard InChI is InChI=1S/C24H31N3O3/c1-3-10-24(28)25-16-8-15-23-26-19-11-4-5-12-20(19)27(23)17-9-18-30-22-14-7-6-13-21(22)29-2/h4-7,11-14H,3,8-10,15-18H2,1-2H3,(H,25,28). The summed E-state index contributed by atoms with van der Waals surface area (Å²) < 4.78 is 13.5. The monoisotopic (exact) mass is 409 g/mol. The maximum Gasteiger partial charge on any atom is 0.219 e. The number of carbonyl (C=O) groups excluding carboxylic acids is 1. The van der Waals surface area contributed by atoms with Crippen LogP contribution >= 0.6 is 0 Å². The van der Waals surface area contributed by atoms with Crippen molar-refractivity contribution in [3.05, 3.63) is 54.4 Å². The summed E-state index contributed by atoms with van der Waals surface area (Å²) in [5.41, 5.74) is 2.15. The molecule has 1 heterocycles. The van der Waals surface area contributed by atoms with Crippen LogP contribution < -0.4 is 14.8 Å². The Kier molecular flexibility index (Phi) is 8.12. The van der Waals surface area contributed by atoms with Crippen LogP contribution in [0.4, 0.5) is 0 Å².